The monoisotopic (exact) mass is 419 g/mol. The second-order valence-electron chi connectivity index (χ2n) is 7.30. The van der Waals surface area contributed by atoms with Crippen molar-refractivity contribution in [3.8, 4) is 11.6 Å². The summed E-state index contributed by atoms with van der Waals surface area (Å²) in [6, 6.07) is 9.13. The third-order valence-electron chi connectivity index (χ3n) is 5.03. The van der Waals surface area contributed by atoms with Gasteiger partial charge in [0.15, 0.2) is 11.4 Å². The van der Waals surface area contributed by atoms with Gasteiger partial charge in [0.05, 0.1) is 48.2 Å². The fraction of sp³-hybridized carbons (Fsp3) is 0.286. The molecule has 5 heterocycles. The molecular weight excluding hydrogens is 398 g/mol. The molecule has 5 rings (SSSR count). The third-order valence-corrected chi connectivity index (χ3v) is 5.03. The molecule has 0 bridgehead atoms. The van der Waals surface area contributed by atoms with E-state index in [-0.39, 0.29) is 17.8 Å². The number of nitrogens with two attached hydrogens (primary N) is 1. The Labute approximate surface area is 177 Å². The first-order valence-corrected chi connectivity index (χ1v) is 9.91. The second-order valence-corrected chi connectivity index (χ2v) is 7.30. The molecule has 10 nitrogen and oxygen atoms in total. The van der Waals surface area contributed by atoms with Gasteiger partial charge in [0.1, 0.15) is 5.76 Å². The molecule has 1 aliphatic heterocycles. The van der Waals surface area contributed by atoms with Crippen molar-refractivity contribution in [2.75, 3.05) is 18.9 Å². The lowest BCUT2D eigenvalue weighted by molar-refractivity contribution is 0.0301. The van der Waals surface area contributed by atoms with Crippen LogP contribution in [-0.2, 0) is 16.1 Å². The Bertz CT molecular complexity index is 1260. The molecule has 4 aromatic heterocycles. The van der Waals surface area contributed by atoms with Gasteiger partial charge in [-0.3, -0.25) is 5.41 Å². The van der Waals surface area contributed by atoms with E-state index >= 15 is 0 Å². The molecule has 0 aliphatic carbocycles. The zero-order valence-corrected chi connectivity index (χ0v) is 16.9. The maximum atomic E-state index is 8.71. The Kier molecular flexibility index (Phi) is 4.92. The molecule has 10 heteroatoms. The maximum absolute atomic E-state index is 8.71. The zero-order chi connectivity index (χ0) is 21.4. The van der Waals surface area contributed by atoms with Crippen molar-refractivity contribution in [2.45, 2.75) is 26.1 Å². The molecule has 4 aromatic rings. The first-order valence-electron chi connectivity index (χ1n) is 9.91. The normalized spacial score (nSPS) is 16.2. The summed E-state index contributed by atoms with van der Waals surface area (Å²) in [5, 5.41) is 13.1. The molecular formula is C21H21N7O3. The molecule has 0 radical (unpaired) electrons. The van der Waals surface area contributed by atoms with Crippen LogP contribution in [0, 0.1) is 12.3 Å². The minimum Gasteiger partial charge on any atom is -0.458 e. The standard InChI is InChI=1S/C21H21N7O3/c1-12-5-6-17(31-12)20-27-21(23)26-19-15(9-24-28(19)20)18(22)16-4-2-3-13(25-16)10-30-14-7-8-29-11-14/h2-6,9,14,22H,7-8,10-11H2,1H3,(H2,23,26)/t14-/m0/s1. The van der Waals surface area contributed by atoms with E-state index in [2.05, 4.69) is 20.1 Å². The van der Waals surface area contributed by atoms with Crippen LogP contribution in [0.5, 0.6) is 0 Å². The smallest absolute Gasteiger partial charge is 0.224 e. The van der Waals surface area contributed by atoms with Gasteiger partial charge in [-0.25, -0.2) is 4.98 Å². The summed E-state index contributed by atoms with van der Waals surface area (Å²) in [6.45, 7) is 3.54. The Hall–Kier alpha value is -3.63. The molecule has 0 spiro atoms. The van der Waals surface area contributed by atoms with Crippen molar-refractivity contribution in [3.05, 3.63) is 59.2 Å². The van der Waals surface area contributed by atoms with E-state index in [1.165, 1.54) is 4.52 Å². The number of nitrogens with one attached hydrogen (secondary N) is 1. The van der Waals surface area contributed by atoms with E-state index in [1.54, 1.807) is 18.3 Å². The van der Waals surface area contributed by atoms with Crippen molar-refractivity contribution in [1.82, 2.24) is 24.6 Å². The second kappa shape index (κ2) is 7.89. The van der Waals surface area contributed by atoms with Gasteiger partial charge >= 0.3 is 0 Å². The predicted octanol–water partition coefficient (Wildman–Crippen LogP) is 2.39. The number of nitrogens with zero attached hydrogens (tertiary/aromatic N) is 5. The summed E-state index contributed by atoms with van der Waals surface area (Å²) in [7, 11) is 0. The van der Waals surface area contributed by atoms with E-state index in [9.17, 15) is 0 Å². The van der Waals surface area contributed by atoms with Crippen molar-refractivity contribution >= 4 is 17.3 Å². The van der Waals surface area contributed by atoms with Gasteiger partial charge in [0.25, 0.3) is 0 Å². The number of anilines is 1. The Balaban J connectivity index is 1.46. The fourth-order valence-corrected chi connectivity index (χ4v) is 3.47. The van der Waals surface area contributed by atoms with E-state index in [1.807, 2.05) is 25.1 Å². The topological polar surface area (TPSA) is 137 Å². The van der Waals surface area contributed by atoms with Gasteiger partial charge in [-0.1, -0.05) is 6.07 Å². The van der Waals surface area contributed by atoms with Crippen LogP contribution in [0.4, 0.5) is 5.95 Å². The number of hydrogen-bond acceptors (Lipinski definition) is 9. The van der Waals surface area contributed by atoms with Crippen molar-refractivity contribution < 1.29 is 13.9 Å². The number of hydrogen-bond donors (Lipinski definition) is 2. The fourth-order valence-electron chi connectivity index (χ4n) is 3.47. The predicted molar refractivity (Wildman–Crippen MR) is 112 cm³/mol. The van der Waals surface area contributed by atoms with Gasteiger partial charge < -0.3 is 19.6 Å². The van der Waals surface area contributed by atoms with Gasteiger partial charge in [-0.15, -0.1) is 0 Å². The highest BCUT2D eigenvalue weighted by Gasteiger charge is 2.20. The van der Waals surface area contributed by atoms with Crippen molar-refractivity contribution in [1.29, 1.82) is 5.41 Å². The third kappa shape index (κ3) is 3.78. The lowest BCUT2D eigenvalue weighted by Crippen LogP contribution is -2.13. The summed E-state index contributed by atoms with van der Waals surface area (Å²) in [5.41, 5.74) is 8.26. The summed E-state index contributed by atoms with van der Waals surface area (Å²) in [4.78, 5) is 13.2. The van der Waals surface area contributed by atoms with E-state index in [0.29, 0.717) is 41.7 Å². The average Bonchev–Trinajstić information content (AvgIpc) is 3.52. The quantitative estimate of drug-likeness (QED) is 0.454. The van der Waals surface area contributed by atoms with Crippen molar-refractivity contribution in [3.63, 3.8) is 0 Å². The van der Waals surface area contributed by atoms with Crippen molar-refractivity contribution in [2.24, 2.45) is 0 Å². The molecule has 0 saturated carbocycles. The summed E-state index contributed by atoms with van der Waals surface area (Å²) in [5.74, 6) is 1.75. The van der Waals surface area contributed by atoms with Crippen LogP contribution in [0.2, 0.25) is 0 Å². The number of aromatic nitrogens is 5. The lowest BCUT2D eigenvalue weighted by Gasteiger charge is -2.10. The maximum Gasteiger partial charge on any atom is 0.224 e. The van der Waals surface area contributed by atoms with E-state index in [0.717, 1.165) is 24.5 Å². The highest BCUT2D eigenvalue weighted by atomic mass is 16.5. The Morgan fingerprint density at radius 3 is 2.94 bits per heavy atom. The summed E-state index contributed by atoms with van der Waals surface area (Å²) in [6.07, 6.45) is 2.54. The number of aryl methyl sites for hydroxylation is 1. The molecule has 1 fully saturated rings. The van der Waals surface area contributed by atoms with Crippen LogP contribution in [-0.4, -0.2) is 49.6 Å². The molecule has 0 amide bonds. The SMILES string of the molecule is Cc1ccc(-c2nc(N)nc3c(C(=N)c4cccc(CO[C@H]5CCOC5)n4)cnn23)o1. The lowest BCUT2D eigenvalue weighted by atomic mass is 10.1. The van der Waals surface area contributed by atoms with Gasteiger partial charge in [0.2, 0.25) is 11.8 Å². The van der Waals surface area contributed by atoms with Gasteiger partial charge in [0, 0.05) is 6.61 Å². The molecule has 0 unspecified atom stereocenters. The van der Waals surface area contributed by atoms with Crippen LogP contribution in [0.3, 0.4) is 0 Å². The molecule has 1 aliphatic rings. The number of furan rings is 1. The minimum absolute atomic E-state index is 0.0694. The molecule has 1 saturated heterocycles. The molecule has 31 heavy (non-hydrogen) atoms. The van der Waals surface area contributed by atoms with Crippen LogP contribution in [0.15, 0.2) is 40.9 Å². The number of pyridine rings is 1. The highest BCUT2D eigenvalue weighted by molar-refractivity contribution is 6.13. The van der Waals surface area contributed by atoms with Crippen LogP contribution in [0.1, 0.15) is 29.1 Å². The van der Waals surface area contributed by atoms with E-state index < -0.39 is 0 Å². The largest absolute Gasteiger partial charge is 0.458 e. The molecule has 158 valence electrons. The summed E-state index contributed by atoms with van der Waals surface area (Å²) < 4.78 is 18.4. The highest BCUT2D eigenvalue weighted by Crippen LogP contribution is 2.23. The zero-order valence-electron chi connectivity index (χ0n) is 16.9. The van der Waals surface area contributed by atoms with Crippen LogP contribution in [0.25, 0.3) is 17.2 Å². The molecule has 1 atom stereocenters. The Morgan fingerprint density at radius 1 is 1.26 bits per heavy atom. The molecule has 3 N–H and O–H groups in total. The van der Waals surface area contributed by atoms with Crippen LogP contribution < -0.4 is 5.73 Å². The first kappa shape index (κ1) is 19.3. The van der Waals surface area contributed by atoms with Gasteiger partial charge in [-0.05, 0) is 37.6 Å². The Morgan fingerprint density at radius 2 is 2.16 bits per heavy atom. The number of fused-ring (bicyclic) bond motifs is 1. The van der Waals surface area contributed by atoms with E-state index in [4.69, 9.17) is 25.0 Å². The summed E-state index contributed by atoms with van der Waals surface area (Å²) >= 11 is 0. The number of rotatable bonds is 6. The number of ether oxygens (including phenoxy) is 2. The van der Waals surface area contributed by atoms with Crippen LogP contribution >= 0.6 is 0 Å². The first-order chi connectivity index (χ1) is 15.1. The number of nitrogen functional groups attached to an aromatic ring is 1. The molecule has 0 aromatic carbocycles. The minimum atomic E-state index is 0.0694. The van der Waals surface area contributed by atoms with Gasteiger partial charge in [-0.2, -0.15) is 19.6 Å². The average molecular weight is 419 g/mol.